The molecule has 1 aliphatic heterocycles. The van der Waals surface area contributed by atoms with Crippen LogP contribution in [0.4, 0.5) is 10.2 Å². The summed E-state index contributed by atoms with van der Waals surface area (Å²) < 4.78 is 17.0. The quantitative estimate of drug-likeness (QED) is 0.434. The molecule has 1 N–H and O–H groups in total. The number of hydrogen-bond acceptors (Lipinski definition) is 4. The minimum absolute atomic E-state index is 0.0642. The van der Waals surface area contributed by atoms with Gasteiger partial charge in [-0.05, 0) is 66.9 Å². The third-order valence-electron chi connectivity index (χ3n) is 6.39. The Morgan fingerprint density at radius 1 is 1.17 bits per heavy atom. The summed E-state index contributed by atoms with van der Waals surface area (Å²) in [5.74, 6) is -0.743. The molecule has 1 atom stereocenters. The van der Waals surface area contributed by atoms with Crippen LogP contribution in [0.25, 0.3) is 16.8 Å². The number of halogens is 1. The molecule has 0 saturated carbocycles. The summed E-state index contributed by atoms with van der Waals surface area (Å²) in [7, 11) is 0. The van der Waals surface area contributed by atoms with E-state index in [9.17, 15) is 9.59 Å². The number of likely N-dealkylation sites (tertiary alicyclic amines) is 1. The van der Waals surface area contributed by atoms with Crippen LogP contribution in [-0.4, -0.2) is 44.2 Å². The van der Waals surface area contributed by atoms with Gasteiger partial charge in [0.15, 0.2) is 0 Å². The molecular formula is C27H24FN5O2. The zero-order valence-corrected chi connectivity index (χ0v) is 19.2. The van der Waals surface area contributed by atoms with E-state index in [1.54, 1.807) is 35.8 Å². The van der Waals surface area contributed by atoms with Gasteiger partial charge in [0.2, 0.25) is 5.91 Å². The van der Waals surface area contributed by atoms with Gasteiger partial charge < -0.3 is 14.6 Å². The van der Waals surface area contributed by atoms with Crippen molar-refractivity contribution in [3.63, 3.8) is 0 Å². The van der Waals surface area contributed by atoms with Gasteiger partial charge >= 0.3 is 0 Å². The molecule has 8 heteroatoms. The summed E-state index contributed by atoms with van der Waals surface area (Å²) in [6, 6.07) is 12.0. The SMILES string of the molecule is C=CC(=O)N1CCC(c2cc(-c3ccc(C(=O)Nc4cc(C)ccn4)c(F)c3)n3cnccc23)C1. The molecule has 1 saturated heterocycles. The molecule has 1 fully saturated rings. The Balaban J connectivity index is 1.46. The fourth-order valence-corrected chi connectivity index (χ4v) is 4.62. The third kappa shape index (κ3) is 4.30. The molecule has 35 heavy (non-hydrogen) atoms. The number of aromatic nitrogens is 3. The molecule has 4 heterocycles. The van der Waals surface area contributed by atoms with Gasteiger partial charge in [-0.15, -0.1) is 0 Å². The maximum atomic E-state index is 15.1. The second-order valence-corrected chi connectivity index (χ2v) is 8.66. The molecule has 0 bridgehead atoms. The van der Waals surface area contributed by atoms with Crippen LogP contribution in [0.2, 0.25) is 0 Å². The molecule has 0 spiro atoms. The van der Waals surface area contributed by atoms with Crippen molar-refractivity contribution in [3.05, 3.63) is 96.3 Å². The summed E-state index contributed by atoms with van der Waals surface area (Å²) in [4.78, 5) is 34.8. The number of hydrogen-bond donors (Lipinski definition) is 1. The molecular weight excluding hydrogens is 445 g/mol. The summed E-state index contributed by atoms with van der Waals surface area (Å²) in [6.07, 6.45) is 7.17. The van der Waals surface area contributed by atoms with Gasteiger partial charge in [-0.1, -0.05) is 12.6 Å². The summed E-state index contributed by atoms with van der Waals surface area (Å²) in [6.45, 7) is 6.74. The van der Waals surface area contributed by atoms with E-state index in [4.69, 9.17) is 0 Å². The van der Waals surface area contributed by atoms with Crippen molar-refractivity contribution in [3.8, 4) is 11.3 Å². The van der Waals surface area contributed by atoms with Gasteiger partial charge in [0, 0.05) is 37.0 Å². The van der Waals surface area contributed by atoms with Crippen molar-refractivity contribution in [2.75, 3.05) is 18.4 Å². The monoisotopic (exact) mass is 469 g/mol. The molecule has 1 aromatic carbocycles. The lowest BCUT2D eigenvalue weighted by Crippen LogP contribution is -2.26. The van der Waals surface area contributed by atoms with Gasteiger partial charge in [0.1, 0.15) is 11.6 Å². The fourth-order valence-electron chi connectivity index (χ4n) is 4.62. The lowest BCUT2D eigenvalue weighted by atomic mass is 9.98. The first kappa shape index (κ1) is 22.5. The number of fused-ring (bicyclic) bond motifs is 1. The number of aryl methyl sites for hydroxylation is 1. The molecule has 7 nitrogen and oxygen atoms in total. The van der Waals surface area contributed by atoms with Crippen LogP contribution in [-0.2, 0) is 4.79 Å². The number of carbonyl (C=O) groups excluding carboxylic acids is 2. The van der Waals surface area contributed by atoms with E-state index >= 15 is 4.39 Å². The van der Waals surface area contributed by atoms with E-state index < -0.39 is 11.7 Å². The Labute approximate surface area is 201 Å². The number of nitrogens with zero attached hydrogens (tertiary/aromatic N) is 4. The Morgan fingerprint density at radius 2 is 2.03 bits per heavy atom. The molecule has 1 aliphatic rings. The Bertz CT molecular complexity index is 1460. The van der Waals surface area contributed by atoms with Crippen molar-refractivity contribution in [1.29, 1.82) is 0 Å². The number of amides is 2. The zero-order chi connectivity index (χ0) is 24.5. The number of benzene rings is 1. The Morgan fingerprint density at radius 3 is 2.80 bits per heavy atom. The average Bonchev–Trinajstić information content (AvgIpc) is 3.49. The van der Waals surface area contributed by atoms with Gasteiger partial charge in [0.25, 0.3) is 5.91 Å². The van der Waals surface area contributed by atoms with Crippen molar-refractivity contribution >= 4 is 23.1 Å². The normalized spacial score (nSPS) is 15.4. The van der Waals surface area contributed by atoms with Gasteiger partial charge in [-0.2, -0.15) is 0 Å². The number of pyridine rings is 1. The van der Waals surface area contributed by atoms with Gasteiger partial charge in [-0.3, -0.25) is 9.59 Å². The van der Waals surface area contributed by atoms with E-state index in [1.807, 2.05) is 29.5 Å². The smallest absolute Gasteiger partial charge is 0.259 e. The molecule has 1 unspecified atom stereocenters. The maximum Gasteiger partial charge on any atom is 0.259 e. The second kappa shape index (κ2) is 9.13. The van der Waals surface area contributed by atoms with Crippen LogP contribution in [0.5, 0.6) is 0 Å². The first-order chi connectivity index (χ1) is 16.9. The van der Waals surface area contributed by atoms with Crippen LogP contribution in [0.15, 0.2) is 73.8 Å². The van der Waals surface area contributed by atoms with E-state index in [2.05, 4.69) is 21.9 Å². The molecule has 5 rings (SSSR count). The largest absolute Gasteiger partial charge is 0.339 e. The molecule has 2 amide bonds. The molecule has 4 aromatic rings. The highest BCUT2D eigenvalue weighted by atomic mass is 19.1. The van der Waals surface area contributed by atoms with Gasteiger partial charge in [-0.25, -0.2) is 14.4 Å². The van der Waals surface area contributed by atoms with E-state index in [-0.39, 0.29) is 17.4 Å². The standard InChI is InChI=1S/C27H24FN5O2/c1-3-26(34)32-11-8-19(15-32)21-14-24(33-16-29-9-7-23(21)33)18-4-5-20(22(28)13-18)27(35)31-25-12-17(2)6-10-30-25/h3-7,9-10,12-14,16,19H,1,8,11,15H2,2H3,(H,30,31,35). The number of rotatable bonds is 5. The molecule has 0 aliphatic carbocycles. The summed E-state index contributed by atoms with van der Waals surface area (Å²) in [5, 5.41) is 2.64. The Hall–Kier alpha value is -4.33. The second-order valence-electron chi connectivity index (χ2n) is 8.66. The van der Waals surface area contributed by atoms with Crippen LogP contribution < -0.4 is 5.32 Å². The number of carbonyl (C=O) groups is 2. The highest BCUT2D eigenvalue weighted by Crippen LogP contribution is 2.35. The minimum atomic E-state index is -0.628. The van der Waals surface area contributed by atoms with Crippen LogP contribution in [0.3, 0.4) is 0 Å². The predicted octanol–water partition coefficient (Wildman–Crippen LogP) is 4.60. The summed E-state index contributed by atoms with van der Waals surface area (Å²) in [5.41, 5.74) is 4.30. The third-order valence-corrected chi connectivity index (χ3v) is 6.39. The minimum Gasteiger partial charge on any atom is -0.339 e. The predicted molar refractivity (Wildman–Crippen MR) is 132 cm³/mol. The van der Waals surface area contributed by atoms with Gasteiger partial charge in [0.05, 0.1) is 23.1 Å². The fraction of sp³-hybridized carbons (Fsp3) is 0.185. The molecule has 176 valence electrons. The Kier molecular flexibility index (Phi) is 5.86. The first-order valence-electron chi connectivity index (χ1n) is 11.3. The van der Waals surface area contributed by atoms with E-state index in [0.29, 0.717) is 24.5 Å². The van der Waals surface area contributed by atoms with E-state index in [0.717, 1.165) is 28.8 Å². The highest BCUT2D eigenvalue weighted by molar-refractivity contribution is 6.04. The highest BCUT2D eigenvalue weighted by Gasteiger charge is 2.29. The molecule has 3 aromatic heterocycles. The van der Waals surface area contributed by atoms with Crippen molar-refractivity contribution in [1.82, 2.24) is 19.3 Å². The molecule has 0 radical (unpaired) electrons. The maximum absolute atomic E-state index is 15.1. The zero-order valence-electron chi connectivity index (χ0n) is 19.2. The summed E-state index contributed by atoms with van der Waals surface area (Å²) >= 11 is 0. The van der Waals surface area contributed by atoms with Crippen molar-refractivity contribution in [2.24, 2.45) is 0 Å². The first-order valence-corrected chi connectivity index (χ1v) is 11.3. The topological polar surface area (TPSA) is 79.6 Å². The van der Waals surface area contributed by atoms with E-state index in [1.165, 1.54) is 18.2 Å². The van der Waals surface area contributed by atoms with Crippen LogP contribution in [0.1, 0.15) is 33.8 Å². The van der Waals surface area contributed by atoms with Crippen molar-refractivity contribution < 1.29 is 14.0 Å². The number of anilines is 1. The number of nitrogens with one attached hydrogen (secondary N) is 1. The van der Waals surface area contributed by atoms with Crippen LogP contribution in [0, 0.1) is 12.7 Å². The van der Waals surface area contributed by atoms with Crippen molar-refractivity contribution in [2.45, 2.75) is 19.3 Å². The average molecular weight is 470 g/mol. The lowest BCUT2D eigenvalue weighted by molar-refractivity contribution is -0.125. The lowest BCUT2D eigenvalue weighted by Gasteiger charge is -2.13. The van der Waals surface area contributed by atoms with Crippen LogP contribution >= 0.6 is 0 Å².